The first-order chi connectivity index (χ1) is 20.7. The molecule has 3 heterocycles. The lowest BCUT2D eigenvalue weighted by atomic mass is 9.41. The van der Waals surface area contributed by atoms with Gasteiger partial charge in [-0.05, 0) is 79.6 Å². The van der Waals surface area contributed by atoms with E-state index in [0.717, 1.165) is 88.7 Å². The lowest BCUT2D eigenvalue weighted by Gasteiger charge is -2.60. The van der Waals surface area contributed by atoms with Crippen LogP contribution in [0.2, 0.25) is 0 Å². The monoisotopic (exact) mass is 608 g/mol. The second-order valence-electron chi connectivity index (χ2n) is 15.4. The molecule has 3 saturated carbocycles. The van der Waals surface area contributed by atoms with E-state index in [-0.39, 0.29) is 30.0 Å². The third-order valence-corrected chi connectivity index (χ3v) is 14.5. The predicted octanol–water partition coefficient (Wildman–Crippen LogP) is 6.65. The number of aliphatic imine (C=N–C) groups is 1. The summed E-state index contributed by atoms with van der Waals surface area (Å²) in [4.78, 5) is 34.8. The quantitative estimate of drug-likeness (QED) is 0.221. The summed E-state index contributed by atoms with van der Waals surface area (Å²) < 4.78 is 7.32. The average Bonchev–Trinajstić information content (AvgIpc) is 3.81. The third kappa shape index (κ3) is 4.08. The van der Waals surface area contributed by atoms with Crippen LogP contribution in [0, 0.1) is 51.8 Å². The van der Waals surface area contributed by atoms with Crippen molar-refractivity contribution >= 4 is 29.1 Å². The molecule has 1 N–H and O–H groups in total. The van der Waals surface area contributed by atoms with Crippen molar-refractivity contribution in [1.82, 2.24) is 4.90 Å². The first kappa shape index (κ1) is 30.2. The number of rotatable bonds is 10. The van der Waals surface area contributed by atoms with Crippen molar-refractivity contribution in [2.75, 3.05) is 31.9 Å². The highest BCUT2D eigenvalue weighted by Gasteiger charge is 2.86. The summed E-state index contributed by atoms with van der Waals surface area (Å²) in [5, 5.41) is 12.7. The molecule has 7 heteroatoms. The molecule has 10 atom stereocenters. The van der Waals surface area contributed by atoms with Crippen LogP contribution in [0.3, 0.4) is 0 Å². The van der Waals surface area contributed by atoms with Crippen LogP contribution in [0.1, 0.15) is 85.5 Å². The van der Waals surface area contributed by atoms with Gasteiger partial charge in [0.15, 0.2) is 0 Å². The van der Waals surface area contributed by atoms with Gasteiger partial charge in [-0.15, -0.1) is 11.8 Å². The Bertz CT molecular complexity index is 1240. The van der Waals surface area contributed by atoms with Crippen LogP contribution >= 0.6 is 11.8 Å². The maximum atomic E-state index is 14.0. The lowest BCUT2D eigenvalue weighted by molar-refractivity contribution is -0.197. The molecule has 0 aromatic rings. The molecule has 0 aromatic heterocycles. The maximum absolute atomic E-state index is 14.0. The summed E-state index contributed by atoms with van der Waals surface area (Å²) in [6, 6.07) is 0. The van der Waals surface area contributed by atoms with Crippen LogP contribution in [0.4, 0.5) is 0 Å². The number of carboxylic acids is 1. The van der Waals surface area contributed by atoms with Crippen LogP contribution < -0.4 is 0 Å². The van der Waals surface area contributed by atoms with E-state index in [2.05, 4.69) is 44.7 Å². The molecule has 4 aliphatic carbocycles. The number of aliphatic carboxylic acids is 1. The summed E-state index contributed by atoms with van der Waals surface area (Å²) in [6.07, 6.45) is 15.0. The Morgan fingerprint density at radius 3 is 2.79 bits per heavy atom. The number of fused-ring (bicyclic) bond motifs is 2. The van der Waals surface area contributed by atoms with E-state index in [1.165, 1.54) is 17.0 Å². The summed E-state index contributed by atoms with van der Waals surface area (Å²) in [6.45, 7) is 12.7. The second-order valence-corrected chi connectivity index (χ2v) is 16.5. The Morgan fingerprint density at radius 2 is 2.14 bits per heavy atom. The molecule has 0 spiro atoms. The van der Waals surface area contributed by atoms with E-state index < -0.39 is 22.2 Å². The molecule has 4 bridgehead atoms. The Labute approximate surface area is 262 Å². The zero-order chi connectivity index (χ0) is 30.1. The molecule has 7 unspecified atom stereocenters. The normalized spacial score (nSPS) is 45.3. The first-order valence-corrected chi connectivity index (χ1v) is 18.4. The molecule has 0 amide bonds. The number of nitrogens with zero attached hydrogens (tertiary/aromatic N) is 2. The molecule has 0 radical (unpaired) electrons. The minimum Gasteiger partial charge on any atom is -0.481 e. The number of hydrogen-bond acceptors (Lipinski definition) is 6. The van der Waals surface area contributed by atoms with Gasteiger partial charge in [0.25, 0.3) is 0 Å². The van der Waals surface area contributed by atoms with Crippen molar-refractivity contribution in [3.05, 3.63) is 23.3 Å². The molecule has 1 saturated heterocycles. The van der Waals surface area contributed by atoms with Crippen molar-refractivity contribution in [1.29, 1.82) is 0 Å². The maximum Gasteiger partial charge on any atom is 0.315 e. The molecular formula is C36H52N2O4S. The van der Waals surface area contributed by atoms with E-state index in [0.29, 0.717) is 24.2 Å². The van der Waals surface area contributed by atoms with Crippen LogP contribution in [0.15, 0.2) is 28.3 Å². The zero-order valence-electron chi connectivity index (χ0n) is 26.7. The topological polar surface area (TPSA) is 79.2 Å². The van der Waals surface area contributed by atoms with Gasteiger partial charge in [0.05, 0.1) is 22.7 Å². The van der Waals surface area contributed by atoms with Crippen LogP contribution in [-0.4, -0.2) is 71.4 Å². The number of aldehydes is 1. The first-order valence-electron chi connectivity index (χ1n) is 17.4. The number of allylic oxidation sites excluding steroid dienone is 1. The average molecular weight is 609 g/mol. The van der Waals surface area contributed by atoms with Gasteiger partial charge in [-0.3, -0.25) is 14.7 Å². The van der Waals surface area contributed by atoms with E-state index >= 15 is 0 Å². The Kier molecular flexibility index (Phi) is 7.82. The van der Waals surface area contributed by atoms with Gasteiger partial charge in [0.1, 0.15) is 11.7 Å². The number of ether oxygens (including phenoxy) is 1. The predicted molar refractivity (Wildman–Crippen MR) is 172 cm³/mol. The van der Waals surface area contributed by atoms with Crippen molar-refractivity contribution < 1.29 is 19.4 Å². The summed E-state index contributed by atoms with van der Waals surface area (Å²) in [5.74, 6) is 2.08. The largest absolute Gasteiger partial charge is 0.481 e. The van der Waals surface area contributed by atoms with E-state index in [4.69, 9.17) is 9.73 Å². The smallest absolute Gasteiger partial charge is 0.315 e. The van der Waals surface area contributed by atoms with E-state index in [1.807, 2.05) is 11.8 Å². The number of thioether (sulfide) groups is 1. The summed E-state index contributed by atoms with van der Waals surface area (Å²) in [7, 11) is 0. The second kappa shape index (κ2) is 11.1. The van der Waals surface area contributed by atoms with E-state index in [1.54, 1.807) is 0 Å². The zero-order valence-corrected chi connectivity index (χ0v) is 27.5. The van der Waals surface area contributed by atoms with Crippen LogP contribution in [0.25, 0.3) is 0 Å². The highest BCUT2D eigenvalue weighted by molar-refractivity contribution is 8.14. The molecule has 3 aliphatic heterocycles. The summed E-state index contributed by atoms with van der Waals surface area (Å²) >= 11 is 1.89. The fourth-order valence-corrected chi connectivity index (χ4v) is 12.7. The fourth-order valence-electron chi connectivity index (χ4n) is 11.8. The molecule has 7 aliphatic rings. The molecule has 0 aromatic carbocycles. The Balaban J connectivity index is 1.24. The van der Waals surface area contributed by atoms with E-state index in [9.17, 15) is 14.7 Å². The number of carboxylic acid groups (broad SMARTS) is 1. The molecule has 7 rings (SSSR count). The van der Waals surface area contributed by atoms with Gasteiger partial charge in [0.2, 0.25) is 0 Å². The van der Waals surface area contributed by atoms with Gasteiger partial charge in [-0.25, -0.2) is 0 Å². The number of hydrogen-bond donors (Lipinski definition) is 1. The van der Waals surface area contributed by atoms with Crippen molar-refractivity contribution in [3.8, 4) is 0 Å². The van der Waals surface area contributed by atoms with Gasteiger partial charge in [-0.1, -0.05) is 64.7 Å². The van der Waals surface area contributed by atoms with Gasteiger partial charge < -0.3 is 14.6 Å². The minimum atomic E-state index is -1.15. The molecule has 6 nitrogen and oxygen atoms in total. The van der Waals surface area contributed by atoms with Gasteiger partial charge in [-0.2, -0.15) is 0 Å². The molecule has 43 heavy (non-hydrogen) atoms. The molecule has 236 valence electrons. The SMILES string of the molecule is CCCCC1CC(C23C[C@@H]4[C@H](C)CC[C@H]4C4(C=O)CC2C=C(C(C)C)C34C(=O)O)OC1CN1CC=C(C2=NCCS2)CC1. The molecule has 4 fully saturated rings. The number of carbonyl (C=O) groups is 2. The van der Waals surface area contributed by atoms with Crippen LogP contribution in [0.5, 0.6) is 0 Å². The van der Waals surface area contributed by atoms with Crippen molar-refractivity contribution in [3.63, 3.8) is 0 Å². The minimum absolute atomic E-state index is 0.0977. The number of carbonyl (C=O) groups excluding carboxylic acids is 1. The highest BCUT2D eigenvalue weighted by atomic mass is 32.2. The highest BCUT2D eigenvalue weighted by Crippen LogP contribution is 2.84. The summed E-state index contributed by atoms with van der Waals surface area (Å²) in [5.41, 5.74) is -0.0639. The van der Waals surface area contributed by atoms with Gasteiger partial charge >= 0.3 is 5.97 Å². The number of unbranched alkanes of at least 4 members (excludes halogenated alkanes) is 1. The standard InChI is InChI=1S/C36H52N2O4S/c1-5-6-7-25-16-31(42-30(25)20-38-13-10-24(11-14-38)32-37-12-15-43-32)35-19-27-23(4)8-9-28(27)34(21-39)18-26(35)17-29(22(2)3)36(34,35)33(40)41/h10,17,21-23,25-28,30-31H,5-9,11-16,18-20H2,1-4H3,(H,40,41)/t23-,25?,26?,27-,28-,30?,31?,34?,35?,36?/m1/s1. The van der Waals surface area contributed by atoms with Crippen molar-refractivity contribution in [2.45, 2.75) is 97.7 Å². The van der Waals surface area contributed by atoms with Crippen LogP contribution in [-0.2, 0) is 14.3 Å². The van der Waals surface area contributed by atoms with Crippen molar-refractivity contribution in [2.24, 2.45) is 56.7 Å². The Morgan fingerprint density at radius 1 is 1.30 bits per heavy atom. The third-order valence-electron chi connectivity index (χ3n) is 13.5. The molecular weight excluding hydrogens is 556 g/mol. The lowest BCUT2D eigenvalue weighted by Crippen LogP contribution is -2.65. The Hall–Kier alpha value is -1.44. The van der Waals surface area contributed by atoms with Gasteiger partial charge in [0, 0.05) is 37.3 Å². The fraction of sp³-hybridized carbons (Fsp3) is 0.806.